The maximum atomic E-state index is 2.30. The van der Waals surface area contributed by atoms with Crippen LogP contribution in [0, 0.1) is 34.6 Å². The van der Waals surface area contributed by atoms with Crippen molar-refractivity contribution in [2.75, 3.05) is 0 Å². The summed E-state index contributed by atoms with van der Waals surface area (Å²) in [6.07, 6.45) is 0. The number of aryl methyl sites for hydroxylation is 4. The van der Waals surface area contributed by atoms with Gasteiger partial charge in [0.25, 0.3) is 0 Å². The molecule has 0 aliphatic heterocycles. The van der Waals surface area contributed by atoms with E-state index in [0.29, 0.717) is 0 Å². The summed E-state index contributed by atoms with van der Waals surface area (Å²) in [5, 5.41) is 0. The average molecular weight is 300 g/mol. The number of rotatable bonds is 2. The standard InChI is InChI=1S/C23H24/c1-15-6-8-20(9-7-15)21-10-11-23(18(4)14-21)22-12-16(2)19(5)17(3)13-22/h6-14H,1-5H3. The van der Waals surface area contributed by atoms with Crippen LogP contribution in [0.5, 0.6) is 0 Å². The van der Waals surface area contributed by atoms with Gasteiger partial charge in [-0.1, -0.05) is 60.2 Å². The van der Waals surface area contributed by atoms with Gasteiger partial charge >= 0.3 is 0 Å². The fourth-order valence-corrected chi connectivity index (χ4v) is 3.10. The summed E-state index contributed by atoms with van der Waals surface area (Å²) in [5.74, 6) is 0. The molecule has 3 aromatic rings. The third-order valence-corrected chi connectivity index (χ3v) is 4.85. The topological polar surface area (TPSA) is 0 Å². The van der Waals surface area contributed by atoms with Crippen molar-refractivity contribution in [2.45, 2.75) is 34.6 Å². The molecule has 0 bridgehead atoms. The Hall–Kier alpha value is -2.34. The summed E-state index contributed by atoms with van der Waals surface area (Å²) >= 11 is 0. The molecule has 0 saturated carbocycles. The molecule has 0 heteroatoms. The quantitative estimate of drug-likeness (QED) is 0.502. The van der Waals surface area contributed by atoms with Gasteiger partial charge in [-0.25, -0.2) is 0 Å². The zero-order chi connectivity index (χ0) is 16.6. The lowest BCUT2D eigenvalue weighted by molar-refractivity contribution is 1.26. The molecular weight excluding hydrogens is 276 g/mol. The van der Waals surface area contributed by atoms with Crippen LogP contribution >= 0.6 is 0 Å². The highest BCUT2D eigenvalue weighted by Crippen LogP contribution is 2.31. The zero-order valence-electron chi connectivity index (χ0n) is 14.7. The molecular formula is C23H24. The highest BCUT2D eigenvalue weighted by atomic mass is 14.1. The van der Waals surface area contributed by atoms with E-state index in [9.17, 15) is 0 Å². The van der Waals surface area contributed by atoms with Crippen molar-refractivity contribution in [1.82, 2.24) is 0 Å². The molecule has 23 heavy (non-hydrogen) atoms. The first kappa shape index (κ1) is 15.6. The average Bonchev–Trinajstić information content (AvgIpc) is 2.53. The molecule has 0 amide bonds. The number of hydrogen-bond donors (Lipinski definition) is 0. The summed E-state index contributed by atoms with van der Waals surface area (Å²) < 4.78 is 0. The molecule has 0 aliphatic rings. The Bertz CT molecular complexity index is 829. The van der Waals surface area contributed by atoms with E-state index in [0.717, 1.165) is 0 Å². The maximum Gasteiger partial charge on any atom is -0.0154 e. The molecule has 0 N–H and O–H groups in total. The Balaban J connectivity index is 2.04. The number of benzene rings is 3. The third-order valence-electron chi connectivity index (χ3n) is 4.85. The van der Waals surface area contributed by atoms with Gasteiger partial charge in [0.2, 0.25) is 0 Å². The van der Waals surface area contributed by atoms with Gasteiger partial charge in [0.05, 0.1) is 0 Å². The Morgan fingerprint density at radius 3 is 1.57 bits per heavy atom. The second-order valence-electron chi connectivity index (χ2n) is 6.63. The SMILES string of the molecule is Cc1ccc(-c2ccc(-c3cc(C)c(C)c(C)c3)c(C)c2)cc1. The summed E-state index contributed by atoms with van der Waals surface area (Å²) in [7, 11) is 0. The zero-order valence-corrected chi connectivity index (χ0v) is 14.7. The van der Waals surface area contributed by atoms with Crippen molar-refractivity contribution < 1.29 is 0 Å². The van der Waals surface area contributed by atoms with Crippen molar-refractivity contribution in [3.63, 3.8) is 0 Å². The molecule has 0 saturated heterocycles. The molecule has 3 aromatic carbocycles. The Morgan fingerprint density at radius 2 is 1.00 bits per heavy atom. The first-order chi connectivity index (χ1) is 11.0. The lowest BCUT2D eigenvalue weighted by atomic mass is 9.92. The van der Waals surface area contributed by atoms with Crippen molar-refractivity contribution in [3.8, 4) is 22.3 Å². The van der Waals surface area contributed by atoms with E-state index in [1.807, 2.05) is 0 Å². The van der Waals surface area contributed by atoms with E-state index < -0.39 is 0 Å². The van der Waals surface area contributed by atoms with Crippen LogP contribution in [0.4, 0.5) is 0 Å². The van der Waals surface area contributed by atoms with Gasteiger partial charge in [0.1, 0.15) is 0 Å². The van der Waals surface area contributed by atoms with Gasteiger partial charge in [0.15, 0.2) is 0 Å². The van der Waals surface area contributed by atoms with Gasteiger partial charge < -0.3 is 0 Å². The fourth-order valence-electron chi connectivity index (χ4n) is 3.10. The first-order valence-electron chi connectivity index (χ1n) is 8.21. The van der Waals surface area contributed by atoms with Gasteiger partial charge in [-0.2, -0.15) is 0 Å². The molecule has 0 radical (unpaired) electrons. The van der Waals surface area contributed by atoms with Crippen molar-refractivity contribution in [1.29, 1.82) is 0 Å². The van der Waals surface area contributed by atoms with Crippen LogP contribution in [0.15, 0.2) is 54.6 Å². The van der Waals surface area contributed by atoms with E-state index in [2.05, 4.69) is 89.2 Å². The van der Waals surface area contributed by atoms with E-state index in [1.54, 1.807) is 0 Å². The predicted octanol–water partition coefficient (Wildman–Crippen LogP) is 6.56. The van der Waals surface area contributed by atoms with Crippen LogP contribution in [-0.2, 0) is 0 Å². The largest absolute Gasteiger partial charge is 0.0587 e. The molecule has 0 spiro atoms. The summed E-state index contributed by atoms with van der Waals surface area (Å²) in [4.78, 5) is 0. The molecule has 0 aromatic heterocycles. The van der Waals surface area contributed by atoms with Gasteiger partial charge in [-0.3, -0.25) is 0 Å². The van der Waals surface area contributed by atoms with Gasteiger partial charge in [-0.15, -0.1) is 0 Å². The Labute approximate surface area is 139 Å². The van der Waals surface area contributed by atoms with E-state index in [-0.39, 0.29) is 0 Å². The van der Waals surface area contributed by atoms with Crippen LogP contribution in [0.1, 0.15) is 27.8 Å². The smallest absolute Gasteiger partial charge is 0.0154 e. The predicted molar refractivity (Wildman–Crippen MR) is 101 cm³/mol. The Morgan fingerprint density at radius 1 is 0.478 bits per heavy atom. The lowest BCUT2D eigenvalue weighted by Crippen LogP contribution is -1.91. The van der Waals surface area contributed by atoms with Crippen molar-refractivity contribution in [2.24, 2.45) is 0 Å². The van der Waals surface area contributed by atoms with Gasteiger partial charge in [0, 0.05) is 0 Å². The molecule has 3 rings (SSSR count). The maximum absolute atomic E-state index is 2.30. The fraction of sp³-hybridized carbons (Fsp3) is 0.217. The first-order valence-corrected chi connectivity index (χ1v) is 8.21. The molecule has 0 aliphatic carbocycles. The summed E-state index contributed by atoms with van der Waals surface area (Å²) in [5.41, 5.74) is 11.9. The minimum atomic E-state index is 1.28. The minimum Gasteiger partial charge on any atom is -0.0587 e. The molecule has 0 atom stereocenters. The summed E-state index contributed by atoms with van der Waals surface area (Å²) in [6, 6.07) is 20.1. The molecule has 0 fully saturated rings. The molecule has 0 heterocycles. The van der Waals surface area contributed by atoms with Crippen LogP contribution in [0.25, 0.3) is 22.3 Å². The van der Waals surface area contributed by atoms with E-state index >= 15 is 0 Å². The van der Waals surface area contributed by atoms with Crippen LogP contribution in [0.3, 0.4) is 0 Å². The normalized spacial score (nSPS) is 10.8. The van der Waals surface area contributed by atoms with Crippen LogP contribution < -0.4 is 0 Å². The van der Waals surface area contributed by atoms with Crippen molar-refractivity contribution >= 4 is 0 Å². The molecule has 0 nitrogen and oxygen atoms in total. The van der Waals surface area contributed by atoms with E-state index in [1.165, 1.54) is 50.1 Å². The van der Waals surface area contributed by atoms with E-state index in [4.69, 9.17) is 0 Å². The number of hydrogen-bond acceptors (Lipinski definition) is 0. The van der Waals surface area contributed by atoms with Crippen LogP contribution in [-0.4, -0.2) is 0 Å². The van der Waals surface area contributed by atoms with Crippen LogP contribution in [0.2, 0.25) is 0 Å². The summed E-state index contributed by atoms with van der Waals surface area (Å²) in [6.45, 7) is 10.9. The Kier molecular flexibility index (Phi) is 4.09. The molecule has 0 unspecified atom stereocenters. The molecule has 116 valence electrons. The van der Waals surface area contributed by atoms with Crippen molar-refractivity contribution in [3.05, 3.63) is 82.4 Å². The minimum absolute atomic E-state index is 1.28. The third kappa shape index (κ3) is 3.07. The monoisotopic (exact) mass is 300 g/mol. The second kappa shape index (κ2) is 6.04. The highest BCUT2D eigenvalue weighted by molar-refractivity contribution is 5.74. The lowest BCUT2D eigenvalue weighted by Gasteiger charge is -2.13. The second-order valence-corrected chi connectivity index (χ2v) is 6.63. The highest BCUT2D eigenvalue weighted by Gasteiger charge is 2.07. The van der Waals surface area contributed by atoms with Gasteiger partial charge in [-0.05, 0) is 79.1 Å².